The Morgan fingerprint density at radius 2 is 1.87 bits per heavy atom. The van der Waals surface area contributed by atoms with Crippen LogP contribution in [0.3, 0.4) is 0 Å². The van der Waals surface area contributed by atoms with E-state index in [1.165, 1.54) is 24.7 Å². The van der Waals surface area contributed by atoms with Crippen LogP contribution >= 0.6 is 15.9 Å². The fourth-order valence-corrected chi connectivity index (χ4v) is 4.68. The Balaban J connectivity index is 1.85. The summed E-state index contributed by atoms with van der Waals surface area (Å²) in [5.41, 5.74) is -1.44. The molecule has 1 aromatic heterocycles. The minimum Gasteiger partial charge on any atom is -0.349 e. The van der Waals surface area contributed by atoms with E-state index in [0.717, 1.165) is 12.1 Å². The van der Waals surface area contributed by atoms with Gasteiger partial charge in [0.2, 0.25) is 0 Å². The van der Waals surface area contributed by atoms with E-state index in [9.17, 15) is 21.6 Å². The number of benzene rings is 2. The predicted molar refractivity (Wildman–Crippen MR) is 115 cm³/mol. The van der Waals surface area contributed by atoms with E-state index < -0.39 is 38.9 Å². The van der Waals surface area contributed by atoms with Crippen LogP contribution in [0.15, 0.2) is 41.3 Å². The lowest BCUT2D eigenvalue weighted by Crippen LogP contribution is -2.38. The number of hydrogen-bond acceptors (Lipinski definition) is 4. The van der Waals surface area contributed by atoms with Crippen LogP contribution in [0.1, 0.15) is 19.8 Å². The van der Waals surface area contributed by atoms with Gasteiger partial charge in [-0.15, -0.1) is 0 Å². The van der Waals surface area contributed by atoms with Crippen molar-refractivity contribution in [1.29, 1.82) is 0 Å². The summed E-state index contributed by atoms with van der Waals surface area (Å²) < 4.78 is 74.3. The Hall–Kier alpha value is -2.57. The minimum atomic E-state index is -4.17. The third-order valence-electron chi connectivity index (χ3n) is 4.82. The van der Waals surface area contributed by atoms with E-state index in [2.05, 4.69) is 40.7 Å². The number of nitrogens with zero attached hydrogens (tertiary/aromatic N) is 1. The number of H-pyrrole nitrogens is 1. The monoisotopic (exact) mass is 515 g/mol. The molecule has 7 nitrogen and oxygen atoms in total. The number of anilines is 3. The standard InChI is InChI=1S/C19H17BrF3N5O2S/c1-19(4-5-19)28-31(29,30)27-17-11(15-8-24-9-25-15)7-13(22)16(23)18(17)26-14-3-2-10(20)6-12(14)21/h2-3,6-9,26-28H,4-5H2,1H3,(H,24,25). The Morgan fingerprint density at radius 3 is 2.48 bits per heavy atom. The van der Waals surface area contributed by atoms with Gasteiger partial charge in [-0.1, -0.05) is 15.9 Å². The molecule has 0 atom stereocenters. The Labute approximate surface area is 184 Å². The van der Waals surface area contributed by atoms with Gasteiger partial charge < -0.3 is 10.3 Å². The average Bonchev–Trinajstić information content (AvgIpc) is 3.16. The van der Waals surface area contributed by atoms with Crippen LogP contribution in [0.25, 0.3) is 11.3 Å². The van der Waals surface area contributed by atoms with Gasteiger partial charge in [-0.25, -0.2) is 18.2 Å². The molecule has 164 valence electrons. The molecule has 0 saturated heterocycles. The number of nitrogens with one attached hydrogen (secondary N) is 4. The maximum atomic E-state index is 14.9. The van der Waals surface area contributed by atoms with Crippen molar-refractivity contribution in [2.24, 2.45) is 0 Å². The van der Waals surface area contributed by atoms with Gasteiger partial charge in [-0.3, -0.25) is 4.72 Å². The molecule has 0 radical (unpaired) electrons. The SMILES string of the molecule is CC1(NS(=O)(=O)Nc2c(-c3cnc[nH]3)cc(F)c(F)c2Nc2ccc(Br)cc2F)CC1. The molecule has 1 aliphatic rings. The molecule has 4 N–H and O–H groups in total. The summed E-state index contributed by atoms with van der Waals surface area (Å²) in [5.74, 6) is -3.38. The molecule has 12 heteroatoms. The van der Waals surface area contributed by atoms with Gasteiger partial charge in [-0.05, 0) is 44.0 Å². The lowest BCUT2D eigenvalue weighted by atomic mass is 10.1. The fraction of sp³-hybridized carbons (Fsp3) is 0.211. The highest BCUT2D eigenvalue weighted by Gasteiger charge is 2.41. The molecule has 31 heavy (non-hydrogen) atoms. The molecule has 1 fully saturated rings. The highest BCUT2D eigenvalue weighted by atomic mass is 79.9. The average molecular weight is 516 g/mol. The first-order valence-corrected chi connectivity index (χ1v) is 11.4. The van der Waals surface area contributed by atoms with Gasteiger partial charge in [0.1, 0.15) is 11.5 Å². The zero-order valence-electron chi connectivity index (χ0n) is 16.1. The summed E-state index contributed by atoms with van der Waals surface area (Å²) in [6.45, 7) is 1.73. The molecule has 2 aromatic carbocycles. The van der Waals surface area contributed by atoms with E-state index in [0.29, 0.717) is 17.3 Å². The largest absolute Gasteiger partial charge is 0.349 e. The number of rotatable bonds is 7. The maximum absolute atomic E-state index is 14.9. The molecule has 0 unspecified atom stereocenters. The Bertz CT molecular complexity index is 1250. The summed E-state index contributed by atoms with van der Waals surface area (Å²) in [5, 5.41) is 2.48. The van der Waals surface area contributed by atoms with Crippen molar-refractivity contribution in [3.63, 3.8) is 0 Å². The molecule has 0 amide bonds. The van der Waals surface area contributed by atoms with Crippen molar-refractivity contribution in [2.75, 3.05) is 10.0 Å². The van der Waals surface area contributed by atoms with Crippen LogP contribution in [0.5, 0.6) is 0 Å². The van der Waals surface area contributed by atoms with E-state index in [1.807, 2.05) is 0 Å². The summed E-state index contributed by atoms with van der Waals surface area (Å²) in [6.07, 6.45) is 3.92. The number of aromatic nitrogens is 2. The van der Waals surface area contributed by atoms with Crippen LogP contribution < -0.4 is 14.8 Å². The van der Waals surface area contributed by atoms with Crippen LogP contribution in [-0.4, -0.2) is 23.9 Å². The van der Waals surface area contributed by atoms with Gasteiger partial charge in [0.05, 0.1) is 29.6 Å². The van der Waals surface area contributed by atoms with Gasteiger partial charge in [0, 0.05) is 15.6 Å². The van der Waals surface area contributed by atoms with Gasteiger partial charge >= 0.3 is 0 Å². The summed E-state index contributed by atoms with van der Waals surface area (Å²) in [7, 11) is -4.17. The Kier molecular flexibility index (Phi) is 5.48. The topological polar surface area (TPSA) is 98.9 Å². The molecule has 1 saturated carbocycles. The third-order valence-corrected chi connectivity index (χ3v) is 6.54. The first-order valence-electron chi connectivity index (χ1n) is 9.11. The molecule has 4 rings (SSSR count). The number of imidazole rings is 1. The third kappa shape index (κ3) is 4.70. The van der Waals surface area contributed by atoms with Crippen LogP contribution in [0.2, 0.25) is 0 Å². The van der Waals surface area contributed by atoms with Crippen LogP contribution in [-0.2, 0) is 10.2 Å². The van der Waals surface area contributed by atoms with Gasteiger partial charge in [-0.2, -0.15) is 13.1 Å². The van der Waals surface area contributed by atoms with Gasteiger partial charge in [0.15, 0.2) is 11.6 Å². The maximum Gasteiger partial charge on any atom is 0.299 e. The van der Waals surface area contributed by atoms with Crippen molar-refractivity contribution < 1.29 is 21.6 Å². The molecular formula is C19H17BrF3N5O2S. The Morgan fingerprint density at radius 1 is 1.13 bits per heavy atom. The quantitative estimate of drug-likeness (QED) is 0.363. The zero-order valence-corrected chi connectivity index (χ0v) is 18.5. The second kappa shape index (κ2) is 7.84. The molecular weight excluding hydrogens is 499 g/mol. The highest BCUT2D eigenvalue weighted by Crippen LogP contribution is 2.41. The first kappa shape index (κ1) is 21.7. The number of aromatic amines is 1. The van der Waals surface area contributed by atoms with Crippen LogP contribution in [0.4, 0.5) is 30.2 Å². The van der Waals surface area contributed by atoms with E-state index in [4.69, 9.17) is 0 Å². The number of halogens is 4. The smallest absolute Gasteiger partial charge is 0.299 e. The summed E-state index contributed by atoms with van der Waals surface area (Å²) >= 11 is 3.12. The lowest BCUT2D eigenvalue weighted by Gasteiger charge is -2.20. The van der Waals surface area contributed by atoms with Crippen molar-refractivity contribution >= 4 is 43.2 Å². The highest BCUT2D eigenvalue weighted by molar-refractivity contribution is 9.10. The molecule has 1 aliphatic carbocycles. The molecule has 0 aliphatic heterocycles. The van der Waals surface area contributed by atoms with Crippen molar-refractivity contribution in [3.05, 3.63) is 58.7 Å². The van der Waals surface area contributed by atoms with Gasteiger partial charge in [0.25, 0.3) is 10.2 Å². The molecule has 0 spiro atoms. The summed E-state index contributed by atoms with van der Waals surface area (Å²) in [4.78, 5) is 6.58. The van der Waals surface area contributed by atoms with E-state index >= 15 is 0 Å². The molecule has 3 aromatic rings. The second-order valence-electron chi connectivity index (χ2n) is 7.45. The van der Waals surface area contributed by atoms with Crippen molar-refractivity contribution in [1.82, 2.24) is 14.7 Å². The molecule has 0 bridgehead atoms. The van der Waals surface area contributed by atoms with E-state index in [1.54, 1.807) is 6.92 Å². The molecule has 1 heterocycles. The normalized spacial score (nSPS) is 15.0. The van der Waals surface area contributed by atoms with Crippen molar-refractivity contribution in [2.45, 2.75) is 25.3 Å². The predicted octanol–water partition coefficient (Wildman–Crippen LogP) is 4.80. The minimum absolute atomic E-state index is 0.0113. The van der Waals surface area contributed by atoms with E-state index in [-0.39, 0.29) is 22.6 Å². The second-order valence-corrected chi connectivity index (χ2v) is 9.78. The van der Waals surface area contributed by atoms with Crippen LogP contribution in [0, 0.1) is 17.5 Å². The van der Waals surface area contributed by atoms with Crippen molar-refractivity contribution in [3.8, 4) is 11.3 Å². The lowest BCUT2D eigenvalue weighted by molar-refractivity contribution is 0.512. The number of hydrogen-bond donors (Lipinski definition) is 4. The zero-order chi connectivity index (χ0) is 22.4. The first-order chi connectivity index (χ1) is 14.6. The summed E-state index contributed by atoms with van der Waals surface area (Å²) in [6, 6.07) is 4.77. The fourth-order valence-electron chi connectivity index (χ4n) is 2.96.